The maximum absolute atomic E-state index is 11.4. The molecule has 0 radical (unpaired) electrons. The zero-order valence-corrected chi connectivity index (χ0v) is 13.8. The summed E-state index contributed by atoms with van der Waals surface area (Å²) >= 11 is 3.47. The predicted molar refractivity (Wildman–Crippen MR) is 82.0 cm³/mol. The molecule has 1 heterocycles. The van der Waals surface area contributed by atoms with E-state index in [4.69, 9.17) is 9.26 Å². The van der Waals surface area contributed by atoms with Crippen LogP contribution in [0, 0.1) is 13.8 Å². The topological polar surface area (TPSA) is 64.4 Å². The normalized spacial score (nSPS) is 10.7. The molecule has 0 atom stereocenters. The summed E-state index contributed by atoms with van der Waals surface area (Å²) in [5, 5.41) is 7.27. The van der Waals surface area contributed by atoms with Gasteiger partial charge in [-0.1, -0.05) is 27.2 Å². The van der Waals surface area contributed by atoms with Crippen LogP contribution in [-0.2, 0) is 17.8 Å². The molecule has 0 spiro atoms. The minimum atomic E-state index is -0.342. The van der Waals surface area contributed by atoms with Gasteiger partial charge in [-0.2, -0.15) is 0 Å². The summed E-state index contributed by atoms with van der Waals surface area (Å²) in [6, 6.07) is 5.42. The van der Waals surface area contributed by atoms with E-state index in [1.165, 1.54) is 7.11 Å². The average molecular weight is 353 g/mol. The number of rotatable bonds is 5. The van der Waals surface area contributed by atoms with Gasteiger partial charge in [0.15, 0.2) is 0 Å². The molecule has 1 aromatic heterocycles. The number of aromatic nitrogens is 1. The third-order valence-corrected chi connectivity index (χ3v) is 4.01. The number of carbonyl (C=O) groups excluding carboxylic acids is 1. The van der Waals surface area contributed by atoms with E-state index in [9.17, 15) is 4.79 Å². The SMILES string of the molecule is COC(=O)c1ccc(CNCc2c(C)noc2C)c(Br)c1. The van der Waals surface area contributed by atoms with Gasteiger partial charge in [0, 0.05) is 23.1 Å². The van der Waals surface area contributed by atoms with Crippen LogP contribution in [0.1, 0.15) is 32.9 Å². The fourth-order valence-corrected chi connectivity index (χ4v) is 2.53. The fourth-order valence-electron chi connectivity index (χ4n) is 2.01. The summed E-state index contributed by atoms with van der Waals surface area (Å²) in [6.45, 7) is 5.19. The second-order valence-electron chi connectivity index (χ2n) is 4.70. The number of carbonyl (C=O) groups is 1. The highest BCUT2D eigenvalue weighted by Gasteiger charge is 2.10. The van der Waals surface area contributed by atoms with Crippen molar-refractivity contribution in [2.45, 2.75) is 26.9 Å². The minimum absolute atomic E-state index is 0.342. The Bertz CT molecular complexity index is 633. The van der Waals surface area contributed by atoms with Gasteiger partial charge in [-0.05, 0) is 31.5 Å². The van der Waals surface area contributed by atoms with Crippen LogP contribution in [0.2, 0.25) is 0 Å². The number of hydrogen-bond donors (Lipinski definition) is 1. The van der Waals surface area contributed by atoms with Crippen molar-refractivity contribution < 1.29 is 14.1 Å². The Morgan fingerprint density at radius 3 is 2.71 bits per heavy atom. The lowest BCUT2D eigenvalue weighted by molar-refractivity contribution is 0.0600. The van der Waals surface area contributed by atoms with Crippen LogP contribution in [0.3, 0.4) is 0 Å². The Labute approximate surface area is 131 Å². The van der Waals surface area contributed by atoms with Gasteiger partial charge in [0.25, 0.3) is 0 Å². The van der Waals surface area contributed by atoms with Gasteiger partial charge in [0.05, 0.1) is 18.4 Å². The second-order valence-corrected chi connectivity index (χ2v) is 5.56. The second kappa shape index (κ2) is 6.87. The molecule has 0 saturated heterocycles. The first-order valence-electron chi connectivity index (χ1n) is 6.52. The molecule has 0 aliphatic carbocycles. The first kappa shape index (κ1) is 15.7. The molecule has 2 rings (SSSR count). The van der Waals surface area contributed by atoms with Crippen LogP contribution < -0.4 is 5.32 Å². The van der Waals surface area contributed by atoms with Crippen molar-refractivity contribution in [1.29, 1.82) is 0 Å². The maximum atomic E-state index is 11.4. The zero-order chi connectivity index (χ0) is 15.4. The predicted octanol–water partition coefficient (Wildman–Crippen LogP) is 3.13. The summed E-state index contributed by atoms with van der Waals surface area (Å²) in [5.41, 5.74) is 3.57. The number of nitrogens with one attached hydrogen (secondary N) is 1. The maximum Gasteiger partial charge on any atom is 0.337 e. The van der Waals surface area contributed by atoms with Gasteiger partial charge >= 0.3 is 5.97 Å². The molecule has 0 fully saturated rings. The molecule has 5 nitrogen and oxygen atoms in total. The summed E-state index contributed by atoms with van der Waals surface area (Å²) in [7, 11) is 1.37. The van der Waals surface area contributed by atoms with E-state index in [2.05, 4.69) is 26.4 Å². The van der Waals surface area contributed by atoms with Crippen molar-refractivity contribution in [3.63, 3.8) is 0 Å². The van der Waals surface area contributed by atoms with Crippen molar-refractivity contribution in [2.24, 2.45) is 0 Å². The van der Waals surface area contributed by atoms with Crippen LogP contribution in [0.4, 0.5) is 0 Å². The van der Waals surface area contributed by atoms with Crippen molar-refractivity contribution >= 4 is 21.9 Å². The third-order valence-electron chi connectivity index (χ3n) is 3.27. The Hall–Kier alpha value is -1.66. The number of aryl methyl sites for hydroxylation is 2. The van der Waals surface area contributed by atoms with E-state index in [1.54, 1.807) is 12.1 Å². The Morgan fingerprint density at radius 2 is 2.14 bits per heavy atom. The molecule has 0 aliphatic rings. The van der Waals surface area contributed by atoms with Crippen LogP contribution in [0.25, 0.3) is 0 Å². The van der Waals surface area contributed by atoms with E-state index in [1.807, 2.05) is 19.9 Å². The van der Waals surface area contributed by atoms with Crippen LogP contribution in [0.5, 0.6) is 0 Å². The molecule has 0 bridgehead atoms. The monoisotopic (exact) mass is 352 g/mol. The number of hydrogen-bond acceptors (Lipinski definition) is 5. The van der Waals surface area contributed by atoms with Crippen LogP contribution in [0.15, 0.2) is 27.2 Å². The molecule has 1 N–H and O–H groups in total. The average Bonchev–Trinajstić information content (AvgIpc) is 2.79. The molecule has 0 unspecified atom stereocenters. The van der Waals surface area contributed by atoms with Gasteiger partial charge in [0.1, 0.15) is 5.76 Å². The molecule has 0 amide bonds. The lowest BCUT2D eigenvalue weighted by Gasteiger charge is -2.08. The molecule has 1 aromatic carbocycles. The van der Waals surface area contributed by atoms with Gasteiger partial charge in [-0.15, -0.1) is 0 Å². The van der Waals surface area contributed by atoms with Crippen molar-refractivity contribution in [2.75, 3.05) is 7.11 Å². The zero-order valence-electron chi connectivity index (χ0n) is 12.2. The molecule has 0 saturated carbocycles. The molecule has 6 heteroatoms. The minimum Gasteiger partial charge on any atom is -0.465 e. The largest absolute Gasteiger partial charge is 0.465 e. The first-order valence-corrected chi connectivity index (χ1v) is 7.31. The molecule has 112 valence electrons. The number of methoxy groups -OCH3 is 1. The number of halogens is 1. The van der Waals surface area contributed by atoms with E-state index < -0.39 is 0 Å². The number of esters is 1. The van der Waals surface area contributed by atoms with Gasteiger partial charge < -0.3 is 14.6 Å². The fraction of sp³-hybridized carbons (Fsp3) is 0.333. The Morgan fingerprint density at radius 1 is 1.38 bits per heavy atom. The molecular formula is C15H17BrN2O3. The van der Waals surface area contributed by atoms with Gasteiger partial charge in [0.2, 0.25) is 0 Å². The summed E-state index contributed by atoms with van der Waals surface area (Å²) in [6.07, 6.45) is 0. The summed E-state index contributed by atoms with van der Waals surface area (Å²) in [5.74, 6) is 0.492. The summed E-state index contributed by atoms with van der Waals surface area (Å²) in [4.78, 5) is 11.4. The molecule has 2 aromatic rings. The van der Waals surface area contributed by atoms with Crippen LogP contribution >= 0.6 is 15.9 Å². The van der Waals surface area contributed by atoms with Gasteiger partial charge in [-0.25, -0.2) is 4.79 Å². The number of ether oxygens (including phenoxy) is 1. The van der Waals surface area contributed by atoms with E-state index >= 15 is 0 Å². The van der Waals surface area contributed by atoms with E-state index in [0.717, 1.165) is 27.1 Å². The Kier molecular flexibility index (Phi) is 5.14. The number of benzene rings is 1. The van der Waals surface area contributed by atoms with E-state index in [-0.39, 0.29) is 5.97 Å². The van der Waals surface area contributed by atoms with Gasteiger partial charge in [-0.3, -0.25) is 0 Å². The lowest BCUT2D eigenvalue weighted by Crippen LogP contribution is -2.14. The smallest absolute Gasteiger partial charge is 0.337 e. The molecule has 21 heavy (non-hydrogen) atoms. The quantitative estimate of drug-likeness (QED) is 0.837. The van der Waals surface area contributed by atoms with Crippen molar-refractivity contribution in [1.82, 2.24) is 10.5 Å². The molecular weight excluding hydrogens is 336 g/mol. The van der Waals surface area contributed by atoms with E-state index in [0.29, 0.717) is 18.7 Å². The third kappa shape index (κ3) is 3.71. The van der Waals surface area contributed by atoms with Crippen LogP contribution in [-0.4, -0.2) is 18.2 Å². The standard InChI is InChI=1S/C15H17BrN2O3/c1-9-13(10(2)21-18-9)8-17-7-12-5-4-11(6-14(12)16)15(19)20-3/h4-6,17H,7-8H2,1-3H3. The highest BCUT2D eigenvalue weighted by atomic mass is 79.9. The van der Waals surface area contributed by atoms with Crippen molar-refractivity contribution in [3.8, 4) is 0 Å². The van der Waals surface area contributed by atoms with Crippen molar-refractivity contribution in [3.05, 3.63) is 50.8 Å². The Balaban J connectivity index is 1.99. The molecule has 0 aliphatic heterocycles. The highest BCUT2D eigenvalue weighted by molar-refractivity contribution is 9.10. The first-order chi connectivity index (χ1) is 10.0. The lowest BCUT2D eigenvalue weighted by atomic mass is 10.1. The summed E-state index contributed by atoms with van der Waals surface area (Å²) < 4.78 is 10.7. The number of nitrogens with zero attached hydrogens (tertiary/aromatic N) is 1. The highest BCUT2D eigenvalue weighted by Crippen LogP contribution is 2.19.